The molecule has 0 radical (unpaired) electrons. The van der Waals surface area contributed by atoms with E-state index in [2.05, 4.69) is 33.8 Å². The lowest BCUT2D eigenvalue weighted by Crippen LogP contribution is -2.57. The van der Waals surface area contributed by atoms with Crippen molar-refractivity contribution in [2.24, 2.45) is 5.73 Å². The van der Waals surface area contributed by atoms with E-state index in [4.69, 9.17) is 5.73 Å². The van der Waals surface area contributed by atoms with E-state index in [1.807, 2.05) is 12.4 Å². The molecule has 0 spiro atoms. The molecule has 2 fully saturated rings. The van der Waals surface area contributed by atoms with E-state index < -0.39 is 0 Å². The van der Waals surface area contributed by atoms with Gasteiger partial charge in [0.1, 0.15) is 0 Å². The zero-order valence-corrected chi connectivity index (χ0v) is 13.1. The molecule has 0 saturated carbocycles. The van der Waals surface area contributed by atoms with Crippen LogP contribution in [0.5, 0.6) is 0 Å². The molecule has 2 aliphatic heterocycles. The van der Waals surface area contributed by atoms with Crippen LogP contribution in [0.3, 0.4) is 0 Å². The van der Waals surface area contributed by atoms with E-state index in [9.17, 15) is 0 Å². The Kier molecular flexibility index (Phi) is 4.88. The predicted octanol–water partition coefficient (Wildman–Crippen LogP) is 2.03. The van der Waals surface area contributed by atoms with E-state index in [1.54, 1.807) is 0 Å². The second-order valence-corrected chi connectivity index (χ2v) is 6.48. The lowest BCUT2D eigenvalue weighted by atomic mass is 9.93. The standard InChI is InChI=1S/C17H28N4/c1-2-16(18)17(14-6-8-19-9-7-14)21-12-11-20-10-4-3-5-15(20)13-21/h6-9,15-17H,2-5,10-13,18H2,1H3. The van der Waals surface area contributed by atoms with E-state index in [0.717, 1.165) is 19.0 Å². The molecule has 2 N–H and O–H groups in total. The van der Waals surface area contributed by atoms with Crippen LogP contribution in [0.1, 0.15) is 44.2 Å². The summed E-state index contributed by atoms with van der Waals surface area (Å²) in [6.45, 7) is 6.98. The molecule has 0 aromatic carbocycles. The number of pyridine rings is 1. The van der Waals surface area contributed by atoms with E-state index in [0.29, 0.717) is 6.04 Å². The quantitative estimate of drug-likeness (QED) is 0.921. The Bertz CT molecular complexity index is 436. The highest BCUT2D eigenvalue weighted by molar-refractivity contribution is 5.18. The number of aromatic nitrogens is 1. The topological polar surface area (TPSA) is 45.4 Å². The van der Waals surface area contributed by atoms with Crippen LogP contribution in [0.25, 0.3) is 0 Å². The number of piperidine rings is 1. The van der Waals surface area contributed by atoms with Gasteiger partial charge in [-0.3, -0.25) is 14.8 Å². The summed E-state index contributed by atoms with van der Waals surface area (Å²) < 4.78 is 0. The maximum atomic E-state index is 6.47. The van der Waals surface area contributed by atoms with Gasteiger partial charge in [0.2, 0.25) is 0 Å². The van der Waals surface area contributed by atoms with Crippen LogP contribution >= 0.6 is 0 Å². The van der Waals surface area contributed by atoms with Crippen molar-refractivity contribution in [1.82, 2.24) is 14.8 Å². The second kappa shape index (κ2) is 6.86. The Hall–Kier alpha value is -0.970. The van der Waals surface area contributed by atoms with Crippen LogP contribution in [0.15, 0.2) is 24.5 Å². The molecule has 1 aromatic rings. The molecular formula is C17H28N4. The lowest BCUT2D eigenvalue weighted by Gasteiger charge is -2.47. The highest BCUT2D eigenvalue weighted by Gasteiger charge is 2.34. The van der Waals surface area contributed by atoms with Crippen molar-refractivity contribution < 1.29 is 0 Å². The summed E-state index contributed by atoms with van der Waals surface area (Å²) in [6, 6.07) is 5.53. The summed E-state index contributed by atoms with van der Waals surface area (Å²) in [4.78, 5) is 9.46. The van der Waals surface area contributed by atoms with Gasteiger partial charge in [0.15, 0.2) is 0 Å². The minimum atomic E-state index is 0.197. The van der Waals surface area contributed by atoms with Crippen LogP contribution in [0.2, 0.25) is 0 Å². The van der Waals surface area contributed by atoms with E-state index in [-0.39, 0.29) is 6.04 Å². The van der Waals surface area contributed by atoms with Crippen molar-refractivity contribution in [1.29, 1.82) is 0 Å². The molecule has 3 unspecified atom stereocenters. The van der Waals surface area contributed by atoms with Crippen LogP contribution in [0, 0.1) is 0 Å². The van der Waals surface area contributed by atoms with Crippen molar-refractivity contribution in [3.05, 3.63) is 30.1 Å². The van der Waals surface area contributed by atoms with Gasteiger partial charge in [0.25, 0.3) is 0 Å². The number of fused-ring (bicyclic) bond motifs is 1. The molecule has 2 aliphatic rings. The first-order valence-corrected chi connectivity index (χ1v) is 8.43. The lowest BCUT2D eigenvalue weighted by molar-refractivity contribution is 0.0202. The SMILES string of the molecule is CCC(N)C(c1ccncc1)N1CCN2CCCCC2C1. The van der Waals surface area contributed by atoms with Crippen molar-refractivity contribution in [2.45, 2.75) is 50.7 Å². The zero-order valence-electron chi connectivity index (χ0n) is 13.1. The minimum Gasteiger partial charge on any atom is -0.326 e. The van der Waals surface area contributed by atoms with Gasteiger partial charge in [-0.05, 0) is 43.5 Å². The van der Waals surface area contributed by atoms with Gasteiger partial charge in [-0.25, -0.2) is 0 Å². The average Bonchev–Trinajstić information content (AvgIpc) is 2.56. The molecule has 3 rings (SSSR count). The van der Waals surface area contributed by atoms with Crippen molar-refractivity contribution in [3.63, 3.8) is 0 Å². The number of nitrogens with zero attached hydrogens (tertiary/aromatic N) is 3. The summed E-state index contributed by atoms with van der Waals surface area (Å²) in [5.74, 6) is 0. The van der Waals surface area contributed by atoms with E-state index >= 15 is 0 Å². The first kappa shape index (κ1) is 14.9. The normalized spacial score (nSPS) is 27.0. The van der Waals surface area contributed by atoms with Gasteiger partial charge in [-0.2, -0.15) is 0 Å². The fraction of sp³-hybridized carbons (Fsp3) is 0.706. The Labute approximate surface area is 128 Å². The van der Waals surface area contributed by atoms with Gasteiger partial charge in [0, 0.05) is 44.1 Å². The third-order valence-corrected chi connectivity index (χ3v) is 5.19. The number of rotatable bonds is 4. The Morgan fingerprint density at radius 3 is 2.81 bits per heavy atom. The summed E-state index contributed by atoms with van der Waals surface area (Å²) in [6.07, 6.45) is 8.90. The van der Waals surface area contributed by atoms with Gasteiger partial charge in [0.05, 0.1) is 6.04 Å². The fourth-order valence-electron chi connectivity index (χ4n) is 3.95. The molecule has 1 aromatic heterocycles. The fourth-order valence-corrected chi connectivity index (χ4v) is 3.95. The van der Waals surface area contributed by atoms with Gasteiger partial charge < -0.3 is 5.73 Å². The van der Waals surface area contributed by atoms with Crippen molar-refractivity contribution >= 4 is 0 Å². The first-order chi connectivity index (χ1) is 10.3. The minimum absolute atomic E-state index is 0.197. The number of piperazine rings is 1. The third-order valence-electron chi connectivity index (χ3n) is 5.19. The van der Waals surface area contributed by atoms with Crippen molar-refractivity contribution in [2.75, 3.05) is 26.2 Å². The van der Waals surface area contributed by atoms with Crippen LogP contribution in [-0.2, 0) is 0 Å². The number of hydrogen-bond acceptors (Lipinski definition) is 4. The Balaban J connectivity index is 1.77. The molecular weight excluding hydrogens is 260 g/mol. The molecule has 0 bridgehead atoms. The molecule has 4 heteroatoms. The summed E-state index contributed by atoms with van der Waals surface area (Å²) in [5.41, 5.74) is 7.80. The van der Waals surface area contributed by atoms with Crippen molar-refractivity contribution in [3.8, 4) is 0 Å². The number of hydrogen-bond donors (Lipinski definition) is 1. The smallest absolute Gasteiger partial charge is 0.0501 e. The highest BCUT2D eigenvalue weighted by atomic mass is 15.3. The molecule has 3 atom stereocenters. The number of nitrogens with two attached hydrogens (primary N) is 1. The molecule has 0 aliphatic carbocycles. The van der Waals surface area contributed by atoms with E-state index in [1.165, 1.54) is 44.5 Å². The predicted molar refractivity (Wildman–Crippen MR) is 86.0 cm³/mol. The van der Waals surface area contributed by atoms with Crippen LogP contribution in [0.4, 0.5) is 0 Å². The average molecular weight is 288 g/mol. The maximum absolute atomic E-state index is 6.47. The zero-order chi connectivity index (χ0) is 14.7. The molecule has 2 saturated heterocycles. The van der Waals surface area contributed by atoms with Crippen LogP contribution < -0.4 is 5.73 Å². The maximum Gasteiger partial charge on any atom is 0.0501 e. The molecule has 116 valence electrons. The highest BCUT2D eigenvalue weighted by Crippen LogP contribution is 2.30. The third kappa shape index (κ3) is 3.28. The Morgan fingerprint density at radius 1 is 1.24 bits per heavy atom. The monoisotopic (exact) mass is 288 g/mol. The first-order valence-electron chi connectivity index (χ1n) is 8.43. The molecule has 0 amide bonds. The molecule has 3 heterocycles. The molecule has 21 heavy (non-hydrogen) atoms. The summed E-state index contributed by atoms with van der Waals surface area (Å²) in [7, 11) is 0. The molecule has 4 nitrogen and oxygen atoms in total. The van der Waals surface area contributed by atoms with Gasteiger partial charge >= 0.3 is 0 Å². The van der Waals surface area contributed by atoms with Gasteiger partial charge in [-0.15, -0.1) is 0 Å². The largest absolute Gasteiger partial charge is 0.326 e. The van der Waals surface area contributed by atoms with Gasteiger partial charge in [-0.1, -0.05) is 13.3 Å². The summed E-state index contributed by atoms with van der Waals surface area (Å²) >= 11 is 0. The second-order valence-electron chi connectivity index (χ2n) is 6.48. The van der Waals surface area contributed by atoms with Crippen LogP contribution in [-0.4, -0.2) is 53.0 Å². The Morgan fingerprint density at radius 2 is 2.05 bits per heavy atom. The summed E-state index contributed by atoms with van der Waals surface area (Å²) in [5, 5.41) is 0.